The maximum Gasteiger partial charge on any atom is 0.313 e. The van der Waals surface area contributed by atoms with Gasteiger partial charge < -0.3 is 4.18 Å². The van der Waals surface area contributed by atoms with Crippen molar-refractivity contribution >= 4 is 10.1 Å². The van der Waals surface area contributed by atoms with Crippen LogP contribution >= 0.6 is 0 Å². The van der Waals surface area contributed by atoms with E-state index in [9.17, 15) is 8.42 Å². The van der Waals surface area contributed by atoms with Gasteiger partial charge in [-0.05, 0) is 6.07 Å². The fraction of sp³-hybridized carbons (Fsp3) is 0.143. The maximum atomic E-state index is 10.9. The zero-order valence-corrected chi connectivity index (χ0v) is 6.47. The summed E-state index contributed by atoms with van der Waals surface area (Å²) in [6.45, 7) is 0. The van der Waals surface area contributed by atoms with Gasteiger partial charge in [-0.3, -0.25) is 0 Å². The van der Waals surface area contributed by atoms with Gasteiger partial charge in [0.2, 0.25) is 0 Å². The summed E-state index contributed by atoms with van der Waals surface area (Å²) in [5.41, 5.74) is 0.743. The first-order valence-electron chi connectivity index (χ1n) is 3.17. The molecule has 0 N–H and O–H groups in total. The molecule has 11 heavy (non-hydrogen) atoms. The Hall–Kier alpha value is -1.03. The molecule has 0 radical (unpaired) electrons. The van der Waals surface area contributed by atoms with Crippen molar-refractivity contribution in [1.29, 1.82) is 0 Å². The van der Waals surface area contributed by atoms with Crippen LogP contribution in [0.2, 0.25) is 0 Å². The Morgan fingerprint density at radius 3 is 2.73 bits per heavy atom. The predicted molar refractivity (Wildman–Crippen MR) is 39.7 cm³/mol. The van der Waals surface area contributed by atoms with Gasteiger partial charge in [0.05, 0.1) is 0 Å². The van der Waals surface area contributed by atoms with E-state index in [1.165, 1.54) is 0 Å². The van der Waals surface area contributed by atoms with E-state index in [-0.39, 0.29) is 5.75 Å². The molecular weight excluding hydrogens is 164 g/mol. The molecule has 0 amide bonds. The largest absolute Gasteiger partial charge is 0.382 e. The molecule has 0 fully saturated rings. The van der Waals surface area contributed by atoms with Crippen LogP contribution in [-0.4, -0.2) is 8.42 Å². The average Bonchev–Trinajstić information content (AvgIpc) is 2.21. The molecule has 2 rings (SSSR count). The van der Waals surface area contributed by atoms with Gasteiger partial charge in [-0.25, -0.2) is 0 Å². The molecule has 1 heterocycles. The Bertz CT molecular complexity index is 349. The minimum absolute atomic E-state index is 0.00315. The average molecular weight is 170 g/mol. The molecule has 0 spiro atoms. The van der Waals surface area contributed by atoms with Gasteiger partial charge in [-0.15, -0.1) is 0 Å². The number of fused-ring (bicyclic) bond motifs is 1. The van der Waals surface area contributed by atoms with Gasteiger partial charge in [0.25, 0.3) is 0 Å². The van der Waals surface area contributed by atoms with Crippen molar-refractivity contribution in [1.82, 2.24) is 0 Å². The summed E-state index contributed by atoms with van der Waals surface area (Å²) in [6, 6.07) is 6.95. The van der Waals surface area contributed by atoms with Crippen molar-refractivity contribution in [2.24, 2.45) is 0 Å². The summed E-state index contributed by atoms with van der Waals surface area (Å²) in [5.74, 6) is 0.468. The van der Waals surface area contributed by atoms with Crippen molar-refractivity contribution in [3.05, 3.63) is 29.8 Å². The van der Waals surface area contributed by atoms with Crippen molar-refractivity contribution in [3.63, 3.8) is 0 Å². The summed E-state index contributed by atoms with van der Waals surface area (Å²) in [6.07, 6.45) is 0. The topological polar surface area (TPSA) is 43.4 Å². The molecule has 0 aliphatic carbocycles. The third-order valence-corrected chi connectivity index (χ3v) is 2.62. The lowest BCUT2D eigenvalue weighted by molar-refractivity contribution is 0.499. The van der Waals surface area contributed by atoms with E-state index < -0.39 is 10.1 Å². The quantitative estimate of drug-likeness (QED) is 0.543. The Balaban J connectivity index is 2.57. The van der Waals surface area contributed by atoms with Crippen LogP contribution in [0.3, 0.4) is 0 Å². The van der Waals surface area contributed by atoms with E-state index in [1.807, 2.05) is 0 Å². The molecular formula is C7H6O3S. The molecule has 58 valence electrons. The van der Waals surface area contributed by atoms with Gasteiger partial charge in [0.15, 0.2) is 0 Å². The third kappa shape index (κ3) is 1.09. The van der Waals surface area contributed by atoms with Crippen LogP contribution in [0.4, 0.5) is 0 Å². The fourth-order valence-electron chi connectivity index (χ4n) is 1.06. The zero-order valence-electron chi connectivity index (χ0n) is 5.65. The first kappa shape index (κ1) is 6.67. The normalized spacial score (nSPS) is 18.9. The standard InChI is InChI=1S/C7H6O3S/c8-11(9)5-6-3-1-2-4-7(6)10-11/h1-4H,5H2. The van der Waals surface area contributed by atoms with Gasteiger partial charge in [0.1, 0.15) is 11.5 Å². The molecule has 1 aromatic carbocycles. The highest BCUT2D eigenvalue weighted by molar-refractivity contribution is 7.86. The fourth-order valence-corrected chi connectivity index (χ4v) is 2.18. The van der Waals surface area contributed by atoms with E-state index in [1.54, 1.807) is 24.3 Å². The Morgan fingerprint density at radius 1 is 1.27 bits per heavy atom. The molecule has 0 saturated heterocycles. The predicted octanol–water partition coefficient (Wildman–Crippen LogP) is 0.909. The highest BCUT2D eigenvalue weighted by atomic mass is 32.2. The highest BCUT2D eigenvalue weighted by Crippen LogP contribution is 2.28. The number of para-hydroxylation sites is 1. The molecule has 4 heteroatoms. The summed E-state index contributed by atoms with van der Waals surface area (Å²) < 4.78 is 26.4. The zero-order chi connectivity index (χ0) is 7.90. The summed E-state index contributed by atoms with van der Waals surface area (Å²) in [4.78, 5) is 0. The van der Waals surface area contributed by atoms with Crippen LogP contribution in [0.25, 0.3) is 0 Å². The van der Waals surface area contributed by atoms with Crippen molar-refractivity contribution in [3.8, 4) is 5.75 Å². The lowest BCUT2D eigenvalue weighted by Gasteiger charge is -1.92. The van der Waals surface area contributed by atoms with Gasteiger partial charge >= 0.3 is 10.1 Å². The van der Waals surface area contributed by atoms with Gasteiger partial charge in [-0.1, -0.05) is 18.2 Å². The number of benzene rings is 1. The second-order valence-corrected chi connectivity index (χ2v) is 3.96. The number of hydrogen-bond acceptors (Lipinski definition) is 3. The first-order chi connectivity index (χ1) is 5.17. The SMILES string of the molecule is O=S1(=O)Cc2ccccc2O1. The van der Waals surface area contributed by atoms with E-state index in [0.717, 1.165) is 5.56 Å². The smallest absolute Gasteiger partial charge is 0.313 e. The lowest BCUT2D eigenvalue weighted by Crippen LogP contribution is -2.02. The molecule has 1 aliphatic rings. The molecule has 0 saturated carbocycles. The second-order valence-electron chi connectivity index (χ2n) is 2.39. The molecule has 0 aromatic heterocycles. The van der Waals surface area contributed by atoms with Crippen molar-refractivity contribution in [2.75, 3.05) is 0 Å². The summed E-state index contributed by atoms with van der Waals surface area (Å²) >= 11 is 0. The van der Waals surface area contributed by atoms with Crippen LogP contribution in [0, 0.1) is 0 Å². The van der Waals surface area contributed by atoms with Crippen molar-refractivity contribution in [2.45, 2.75) is 5.75 Å². The Morgan fingerprint density at radius 2 is 2.00 bits per heavy atom. The molecule has 1 aliphatic heterocycles. The lowest BCUT2D eigenvalue weighted by atomic mass is 10.2. The molecule has 0 atom stereocenters. The Kier molecular flexibility index (Phi) is 1.20. The van der Waals surface area contributed by atoms with E-state index in [2.05, 4.69) is 4.18 Å². The van der Waals surface area contributed by atoms with Crippen LogP contribution < -0.4 is 4.18 Å². The van der Waals surface area contributed by atoms with Crippen LogP contribution in [0.1, 0.15) is 5.56 Å². The minimum atomic E-state index is -3.31. The molecule has 1 aromatic rings. The van der Waals surface area contributed by atoms with Crippen molar-refractivity contribution < 1.29 is 12.6 Å². The van der Waals surface area contributed by atoms with E-state index in [4.69, 9.17) is 0 Å². The van der Waals surface area contributed by atoms with E-state index in [0.29, 0.717) is 5.75 Å². The highest BCUT2D eigenvalue weighted by Gasteiger charge is 2.24. The molecule has 3 nitrogen and oxygen atoms in total. The summed E-state index contributed by atoms with van der Waals surface area (Å²) in [5, 5.41) is 0. The second kappa shape index (κ2) is 1.98. The van der Waals surface area contributed by atoms with Crippen LogP contribution in [-0.2, 0) is 15.9 Å². The van der Waals surface area contributed by atoms with Gasteiger partial charge in [-0.2, -0.15) is 8.42 Å². The monoisotopic (exact) mass is 170 g/mol. The van der Waals surface area contributed by atoms with Crippen LogP contribution in [0.15, 0.2) is 24.3 Å². The van der Waals surface area contributed by atoms with E-state index >= 15 is 0 Å². The minimum Gasteiger partial charge on any atom is -0.382 e. The third-order valence-electron chi connectivity index (χ3n) is 1.52. The van der Waals surface area contributed by atoms with Crippen LogP contribution in [0.5, 0.6) is 5.75 Å². The Labute approximate surface area is 64.7 Å². The maximum absolute atomic E-state index is 10.9. The molecule has 0 bridgehead atoms. The van der Waals surface area contributed by atoms with Gasteiger partial charge in [0, 0.05) is 5.56 Å². The molecule has 0 unspecified atom stereocenters. The number of hydrogen-bond donors (Lipinski definition) is 0. The summed E-state index contributed by atoms with van der Waals surface area (Å²) in [7, 11) is -3.31. The first-order valence-corrected chi connectivity index (χ1v) is 4.75. The number of rotatable bonds is 0.